The fraction of sp³-hybridized carbons (Fsp3) is 0.312. The Morgan fingerprint density at radius 1 is 1.22 bits per heavy atom. The number of thiophene rings is 1. The number of halogens is 3. The first-order chi connectivity index (χ1) is 12.6. The Labute approximate surface area is 158 Å². The fourth-order valence-corrected chi connectivity index (χ4v) is 4.30. The standard InChI is InChI=1S/C16H17F3N2O4S2/c1-21(27(23,24)15-3-2-8-26-15)10-14(22)20-9-12-4-6-13(7-5-12)25-11-16(17,18)19/h2-8H,9-11H2,1H3,(H,20,22). The van der Waals surface area contributed by atoms with Gasteiger partial charge in [-0.15, -0.1) is 11.3 Å². The molecule has 0 spiro atoms. The Kier molecular flexibility index (Phi) is 6.84. The van der Waals surface area contributed by atoms with Gasteiger partial charge in [0.1, 0.15) is 9.96 Å². The van der Waals surface area contributed by atoms with Crippen molar-refractivity contribution in [1.29, 1.82) is 0 Å². The van der Waals surface area contributed by atoms with E-state index in [4.69, 9.17) is 0 Å². The molecule has 0 unspecified atom stereocenters. The molecule has 0 saturated heterocycles. The van der Waals surface area contributed by atoms with Gasteiger partial charge in [-0.25, -0.2) is 8.42 Å². The van der Waals surface area contributed by atoms with E-state index in [0.717, 1.165) is 15.6 Å². The van der Waals surface area contributed by atoms with E-state index in [1.807, 2.05) is 0 Å². The quantitative estimate of drug-likeness (QED) is 0.710. The Bertz CT molecular complexity index is 851. The zero-order chi connectivity index (χ0) is 20.1. The lowest BCUT2D eigenvalue weighted by Gasteiger charge is -2.15. The molecule has 0 bridgehead atoms. The van der Waals surface area contributed by atoms with Crippen LogP contribution in [0, 0.1) is 0 Å². The van der Waals surface area contributed by atoms with Gasteiger partial charge in [0.25, 0.3) is 10.0 Å². The molecule has 11 heteroatoms. The van der Waals surface area contributed by atoms with Gasteiger partial charge < -0.3 is 10.1 Å². The van der Waals surface area contributed by atoms with E-state index in [2.05, 4.69) is 10.1 Å². The van der Waals surface area contributed by atoms with Crippen molar-refractivity contribution >= 4 is 27.3 Å². The first-order valence-corrected chi connectivity index (χ1v) is 9.95. The summed E-state index contributed by atoms with van der Waals surface area (Å²) < 4.78 is 66.4. The van der Waals surface area contributed by atoms with E-state index < -0.39 is 28.7 Å². The van der Waals surface area contributed by atoms with Crippen LogP contribution in [0.2, 0.25) is 0 Å². The van der Waals surface area contributed by atoms with Crippen molar-refractivity contribution < 1.29 is 31.1 Å². The van der Waals surface area contributed by atoms with Crippen molar-refractivity contribution in [2.24, 2.45) is 0 Å². The van der Waals surface area contributed by atoms with Crippen LogP contribution < -0.4 is 10.1 Å². The summed E-state index contributed by atoms with van der Waals surface area (Å²) in [5, 5.41) is 4.19. The second-order valence-corrected chi connectivity index (χ2v) is 8.74. The maximum atomic E-state index is 12.2. The number of likely N-dealkylation sites (N-methyl/N-ethyl adjacent to an activating group) is 1. The van der Waals surface area contributed by atoms with Crippen LogP contribution in [0.1, 0.15) is 5.56 Å². The first kappa shape index (κ1) is 21.2. The molecule has 6 nitrogen and oxygen atoms in total. The second-order valence-electron chi connectivity index (χ2n) is 5.52. The molecule has 0 atom stereocenters. The number of amides is 1. The van der Waals surface area contributed by atoms with Gasteiger partial charge in [-0.2, -0.15) is 17.5 Å². The van der Waals surface area contributed by atoms with Crippen LogP contribution in [-0.4, -0.2) is 45.0 Å². The normalized spacial score (nSPS) is 12.2. The first-order valence-electron chi connectivity index (χ1n) is 7.63. The van der Waals surface area contributed by atoms with Gasteiger partial charge in [-0.3, -0.25) is 4.79 Å². The molecule has 27 heavy (non-hydrogen) atoms. The van der Waals surface area contributed by atoms with E-state index in [0.29, 0.717) is 5.56 Å². The number of alkyl halides is 3. The molecule has 1 heterocycles. The molecule has 0 saturated carbocycles. The van der Waals surface area contributed by atoms with Crippen molar-refractivity contribution in [1.82, 2.24) is 9.62 Å². The predicted octanol–water partition coefficient (Wildman–Crippen LogP) is 2.63. The van der Waals surface area contributed by atoms with E-state index in [1.165, 1.54) is 37.4 Å². The monoisotopic (exact) mass is 422 g/mol. The summed E-state index contributed by atoms with van der Waals surface area (Å²) in [7, 11) is -2.41. The summed E-state index contributed by atoms with van der Waals surface area (Å²) in [5.41, 5.74) is 0.631. The molecule has 1 aromatic heterocycles. The number of nitrogens with zero attached hydrogens (tertiary/aromatic N) is 1. The molecule has 0 aliphatic carbocycles. The maximum absolute atomic E-state index is 12.2. The molecular weight excluding hydrogens is 405 g/mol. The van der Waals surface area contributed by atoms with Crippen LogP contribution in [0.3, 0.4) is 0 Å². The molecule has 1 amide bonds. The average molecular weight is 422 g/mol. The highest BCUT2D eigenvalue weighted by atomic mass is 32.2. The average Bonchev–Trinajstić information content (AvgIpc) is 3.13. The number of nitrogens with one attached hydrogen (secondary N) is 1. The Hall–Kier alpha value is -2.11. The van der Waals surface area contributed by atoms with Gasteiger partial charge >= 0.3 is 6.18 Å². The molecule has 0 radical (unpaired) electrons. The molecule has 2 rings (SSSR count). The van der Waals surface area contributed by atoms with E-state index >= 15 is 0 Å². The van der Waals surface area contributed by atoms with Gasteiger partial charge in [-0.1, -0.05) is 18.2 Å². The van der Waals surface area contributed by atoms with Crippen molar-refractivity contribution in [2.75, 3.05) is 20.2 Å². The third kappa shape index (κ3) is 6.52. The summed E-state index contributed by atoms with van der Waals surface area (Å²) in [4.78, 5) is 12.0. The number of carbonyl (C=O) groups is 1. The lowest BCUT2D eigenvalue weighted by Crippen LogP contribution is -2.37. The minimum absolute atomic E-state index is 0.0594. The molecule has 2 aromatic rings. The molecular formula is C16H17F3N2O4S2. The summed E-state index contributed by atoms with van der Waals surface area (Å²) in [6.07, 6.45) is -4.41. The lowest BCUT2D eigenvalue weighted by molar-refractivity contribution is -0.153. The topological polar surface area (TPSA) is 75.7 Å². The number of hydrogen-bond acceptors (Lipinski definition) is 5. The molecule has 1 aromatic carbocycles. The molecule has 1 N–H and O–H groups in total. The smallest absolute Gasteiger partial charge is 0.422 e. The lowest BCUT2D eigenvalue weighted by atomic mass is 10.2. The maximum Gasteiger partial charge on any atom is 0.422 e. The SMILES string of the molecule is CN(CC(=O)NCc1ccc(OCC(F)(F)F)cc1)S(=O)(=O)c1cccs1. The fourth-order valence-electron chi connectivity index (χ4n) is 1.98. The van der Waals surface area contributed by atoms with E-state index in [9.17, 15) is 26.4 Å². The number of sulfonamides is 1. The van der Waals surface area contributed by atoms with Crippen LogP contribution in [0.5, 0.6) is 5.75 Å². The molecule has 0 aliphatic heterocycles. The van der Waals surface area contributed by atoms with Crippen LogP contribution in [0.25, 0.3) is 0 Å². The van der Waals surface area contributed by atoms with Crippen molar-refractivity contribution in [3.63, 3.8) is 0 Å². The Balaban J connectivity index is 1.83. The molecule has 0 aliphatic rings. The Morgan fingerprint density at radius 2 is 1.89 bits per heavy atom. The highest BCUT2D eigenvalue weighted by Crippen LogP contribution is 2.20. The zero-order valence-electron chi connectivity index (χ0n) is 14.2. The number of benzene rings is 1. The number of hydrogen-bond donors (Lipinski definition) is 1. The highest BCUT2D eigenvalue weighted by Gasteiger charge is 2.28. The van der Waals surface area contributed by atoms with Crippen molar-refractivity contribution in [3.8, 4) is 5.75 Å². The zero-order valence-corrected chi connectivity index (χ0v) is 15.8. The summed E-state index contributed by atoms with van der Waals surface area (Å²) >= 11 is 1.06. The highest BCUT2D eigenvalue weighted by molar-refractivity contribution is 7.91. The van der Waals surface area contributed by atoms with E-state index in [-0.39, 0.29) is 23.0 Å². The van der Waals surface area contributed by atoms with Crippen LogP contribution in [-0.2, 0) is 21.4 Å². The minimum Gasteiger partial charge on any atom is -0.484 e. The molecule has 148 valence electrons. The summed E-state index contributed by atoms with van der Waals surface area (Å²) in [5.74, 6) is -0.445. The van der Waals surface area contributed by atoms with Crippen LogP contribution in [0.4, 0.5) is 13.2 Å². The van der Waals surface area contributed by atoms with Crippen LogP contribution in [0.15, 0.2) is 46.0 Å². The third-order valence-electron chi connectivity index (χ3n) is 3.34. The third-order valence-corrected chi connectivity index (χ3v) is 6.52. The second kappa shape index (κ2) is 8.72. The predicted molar refractivity (Wildman–Crippen MR) is 94.0 cm³/mol. The summed E-state index contributed by atoms with van der Waals surface area (Å²) in [6, 6.07) is 8.81. The number of ether oxygens (including phenoxy) is 1. The van der Waals surface area contributed by atoms with Gasteiger partial charge in [0, 0.05) is 13.6 Å². The Morgan fingerprint density at radius 3 is 2.44 bits per heavy atom. The number of carbonyl (C=O) groups excluding carboxylic acids is 1. The van der Waals surface area contributed by atoms with Gasteiger partial charge in [0.15, 0.2) is 6.61 Å². The largest absolute Gasteiger partial charge is 0.484 e. The van der Waals surface area contributed by atoms with E-state index in [1.54, 1.807) is 11.4 Å². The minimum atomic E-state index is -4.41. The number of rotatable bonds is 8. The van der Waals surface area contributed by atoms with Crippen molar-refractivity contribution in [2.45, 2.75) is 16.9 Å². The molecule has 0 fully saturated rings. The van der Waals surface area contributed by atoms with Gasteiger partial charge in [0.2, 0.25) is 5.91 Å². The summed E-state index contributed by atoms with van der Waals surface area (Å²) in [6.45, 7) is -1.63. The van der Waals surface area contributed by atoms with Crippen molar-refractivity contribution in [3.05, 3.63) is 47.3 Å². The van der Waals surface area contributed by atoms with Crippen LogP contribution >= 0.6 is 11.3 Å². The van der Waals surface area contributed by atoms with Gasteiger partial charge in [0.05, 0.1) is 6.54 Å². The van der Waals surface area contributed by atoms with Gasteiger partial charge in [-0.05, 0) is 29.1 Å².